The predicted molar refractivity (Wildman–Crippen MR) is 120 cm³/mol. The smallest absolute Gasteiger partial charge is 0.101 e. The van der Waals surface area contributed by atoms with Crippen LogP contribution in [0.25, 0.3) is 22.0 Å². The predicted octanol–water partition coefficient (Wildman–Crippen LogP) is 7.16. The number of hydrogen-bond donors (Lipinski definition) is 0. The summed E-state index contributed by atoms with van der Waals surface area (Å²) < 4.78 is 9.18. The molecule has 0 N–H and O–H groups in total. The van der Waals surface area contributed by atoms with Crippen LogP contribution in [-0.4, -0.2) is 10.2 Å². The van der Waals surface area contributed by atoms with Crippen LogP contribution >= 0.6 is 0 Å². The van der Waals surface area contributed by atoms with Crippen LogP contribution < -0.4 is 0 Å². The summed E-state index contributed by atoms with van der Waals surface area (Å²) in [6, 6.07) is 30.7. The van der Waals surface area contributed by atoms with Crippen molar-refractivity contribution in [3.8, 4) is 11.1 Å². The number of benzene rings is 3. The van der Waals surface area contributed by atoms with Crippen molar-refractivity contribution in [3.05, 3.63) is 96.2 Å². The molecule has 0 bridgehead atoms. The highest BCUT2D eigenvalue weighted by Gasteiger charge is 2.39. The van der Waals surface area contributed by atoms with Gasteiger partial charge in [-0.25, -0.2) is 0 Å². The fourth-order valence-electron chi connectivity index (χ4n) is 4.75. The summed E-state index contributed by atoms with van der Waals surface area (Å²) in [5, 5.41) is 1.30. The topological polar surface area (TPSA) is 14.2 Å². The molecule has 0 saturated carbocycles. The molecule has 29 heavy (non-hydrogen) atoms. The summed E-state index contributed by atoms with van der Waals surface area (Å²) in [5.74, 6) is 0. The van der Waals surface area contributed by atoms with Crippen molar-refractivity contribution in [2.75, 3.05) is 0 Å². The third-order valence-electron chi connectivity index (χ3n) is 5.75. The Balaban J connectivity index is 1.80. The molecule has 0 fully saturated rings. The Hall–Kier alpha value is -2.84. The minimum Gasteiger partial charge on any atom is -0.366 e. The third kappa shape index (κ3) is 3.18. The molecule has 0 saturated heterocycles. The van der Waals surface area contributed by atoms with Crippen LogP contribution in [-0.2, 0) is 4.74 Å². The van der Waals surface area contributed by atoms with Crippen molar-refractivity contribution < 1.29 is 4.74 Å². The Labute approximate surface area is 172 Å². The van der Waals surface area contributed by atoms with Crippen LogP contribution in [0, 0.1) is 0 Å². The molecule has 3 aromatic carbocycles. The van der Waals surface area contributed by atoms with Gasteiger partial charge in [0.25, 0.3) is 0 Å². The normalized spacial score (nSPS) is 18.9. The molecule has 2 unspecified atom stereocenters. The Bertz CT molecular complexity index is 1140. The Morgan fingerprint density at radius 1 is 0.793 bits per heavy atom. The van der Waals surface area contributed by atoms with E-state index in [4.69, 9.17) is 4.74 Å². The minimum absolute atomic E-state index is 0.0582. The van der Waals surface area contributed by atoms with Crippen molar-refractivity contribution in [3.63, 3.8) is 0 Å². The van der Waals surface area contributed by atoms with Crippen LogP contribution in [0.5, 0.6) is 0 Å². The van der Waals surface area contributed by atoms with Crippen molar-refractivity contribution in [2.24, 2.45) is 0 Å². The van der Waals surface area contributed by atoms with Crippen molar-refractivity contribution in [1.82, 2.24) is 4.57 Å². The van der Waals surface area contributed by atoms with Crippen molar-refractivity contribution in [1.29, 1.82) is 0 Å². The second kappa shape index (κ2) is 6.89. The largest absolute Gasteiger partial charge is 0.366 e. The first-order valence-corrected chi connectivity index (χ1v) is 10.4. The lowest BCUT2D eigenvalue weighted by Crippen LogP contribution is -2.22. The summed E-state index contributed by atoms with van der Waals surface area (Å²) in [5.41, 5.74) is 6.30. The minimum atomic E-state index is -0.203. The van der Waals surface area contributed by atoms with E-state index in [9.17, 15) is 0 Å². The lowest BCUT2D eigenvalue weighted by molar-refractivity contribution is -0.0613. The number of nitrogens with zero attached hydrogens (tertiary/aromatic N) is 1. The zero-order valence-electron chi connectivity index (χ0n) is 17.3. The zero-order valence-corrected chi connectivity index (χ0v) is 17.3. The molecule has 5 rings (SSSR count). The Morgan fingerprint density at radius 3 is 2.10 bits per heavy atom. The van der Waals surface area contributed by atoms with Crippen molar-refractivity contribution in [2.45, 2.75) is 44.9 Å². The van der Waals surface area contributed by atoms with Gasteiger partial charge in [0.1, 0.15) is 6.10 Å². The number of rotatable bonds is 3. The SMILES string of the molecule is CC(C)(C)OC1CC(c2ccccc2)n2c1c(-c1ccccc1)c1ccccc12. The molecular weight excluding hydrogens is 354 g/mol. The first-order valence-electron chi connectivity index (χ1n) is 10.4. The van der Waals surface area contributed by atoms with Crippen molar-refractivity contribution >= 4 is 10.9 Å². The summed E-state index contributed by atoms with van der Waals surface area (Å²) in [6.45, 7) is 6.45. The number of fused-ring (bicyclic) bond motifs is 3. The first kappa shape index (κ1) is 18.2. The second-order valence-corrected chi connectivity index (χ2v) is 8.89. The van der Waals surface area contributed by atoms with Gasteiger partial charge in [-0.2, -0.15) is 0 Å². The molecule has 1 aromatic heterocycles. The van der Waals surface area contributed by atoms with Crippen LogP contribution in [0.3, 0.4) is 0 Å². The molecule has 0 spiro atoms. The zero-order chi connectivity index (χ0) is 20.0. The van der Waals surface area contributed by atoms with Gasteiger partial charge in [-0.1, -0.05) is 78.9 Å². The number of aromatic nitrogens is 1. The first-order chi connectivity index (χ1) is 14.0. The maximum Gasteiger partial charge on any atom is 0.101 e. The third-order valence-corrected chi connectivity index (χ3v) is 5.75. The van der Waals surface area contributed by atoms with E-state index in [1.54, 1.807) is 0 Å². The molecule has 1 aliphatic rings. The lowest BCUT2D eigenvalue weighted by atomic mass is 9.96. The van der Waals surface area contributed by atoms with Crippen LogP contribution in [0.15, 0.2) is 84.9 Å². The molecule has 0 aliphatic carbocycles. The number of para-hydroxylation sites is 1. The average Bonchev–Trinajstić information content (AvgIpc) is 3.24. The lowest BCUT2D eigenvalue weighted by Gasteiger charge is -2.25. The van der Waals surface area contributed by atoms with Gasteiger partial charge in [0, 0.05) is 22.9 Å². The van der Waals surface area contributed by atoms with Crippen LogP contribution in [0.4, 0.5) is 0 Å². The van der Waals surface area contributed by atoms with Gasteiger partial charge >= 0.3 is 0 Å². The highest BCUT2D eigenvalue weighted by atomic mass is 16.5. The molecular formula is C27H27NO. The second-order valence-electron chi connectivity index (χ2n) is 8.89. The highest BCUT2D eigenvalue weighted by molar-refractivity contribution is 5.99. The van der Waals surface area contributed by atoms with E-state index in [1.165, 1.54) is 33.3 Å². The number of hydrogen-bond acceptors (Lipinski definition) is 1. The quantitative estimate of drug-likeness (QED) is 0.367. The van der Waals surface area contributed by atoms with E-state index in [2.05, 4.69) is 110 Å². The van der Waals surface area contributed by atoms with Gasteiger partial charge < -0.3 is 9.30 Å². The Morgan fingerprint density at radius 2 is 1.41 bits per heavy atom. The van der Waals surface area contributed by atoms with Crippen LogP contribution in [0.2, 0.25) is 0 Å². The Kier molecular flexibility index (Phi) is 4.33. The van der Waals surface area contributed by atoms with Gasteiger partial charge in [0.05, 0.1) is 17.3 Å². The van der Waals surface area contributed by atoms with E-state index in [0.29, 0.717) is 0 Å². The molecule has 2 atom stereocenters. The molecule has 2 heterocycles. The van der Waals surface area contributed by atoms with Gasteiger partial charge in [-0.05, 0) is 38.0 Å². The summed E-state index contributed by atoms with van der Waals surface area (Å²) in [7, 11) is 0. The maximum absolute atomic E-state index is 6.65. The standard InChI is InChI=1S/C27H27NO/c1-27(2,3)29-24-18-23(19-12-6-4-7-13-19)28-22-17-11-10-16-21(22)25(26(24)28)20-14-8-5-9-15-20/h4-17,23-24H,18H2,1-3H3. The molecule has 146 valence electrons. The highest BCUT2D eigenvalue weighted by Crippen LogP contribution is 2.51. The van der Waals surface area contributed by atoms with Gasteiger partial charge in [-0.15, -0.1) is 0 Å². The molecule has 1 aliphatic heterocycles. The van der Waals surface area contributed by atoms with Crippen LogP contribution in [0.1, 0.15) is 50.6 Å². The molecule has 2 heteroatoms. The maximum atomic E-state index is 6.65. The monoisotopic (exact) mass is 381 g/mol. The molecule has 0 radical (unpaired) electrons. The molecule has 0 amide bonds. The van der Waals surface area contributed by atoms with Gasteiger partial charge in [-0.3, -0.25) is 0 Å². The molecule has 2 nitrogen and oxygen atoms in total. The summed E-state index contributed by atoms with van der Waals surface area (Å²) in [4.78, 5) is 0. The van der Waals surface area contributed by atoms with Gasteiger partial charge in [0.2, 0.25) is 0 Å². The fraction of sp³-hybridized carbons (Fsp3) is 0.259. The van der Waals surface area contributed by atoms with Gasteiger partial charge in [0.15, 0.2) is 0 Å². The number of ether oxygens (including phenoxy) is 1. The van der Waals surface area contributed by atoms with E-state index < -0.39 is 0 Å². The average molecular weight is 382 g/mol. The van der Waals surface area contributed by atoms with E-state index in [0.717, 1.165) is 6.42 Å². The van der Waals surface area contributed by atoms with E-state index in [1.807, 2.05) is 0 Å². The molecule has 4 aromatic rings. The summed E-state index contributed by atoms with van der Waals surface area (Å²) in [6.07, 6.45) is 1.02. The summed E-state index contributed by atoms with van der Waals surface area (Å²) >= 11 is 0. The van der Waals surface area contributed by atoms with E-state index in [-0.39, 0.29) is 17.7 Å². The van der Waals surface area contributed by atoms with E-state index >= 15 is 0 Å². The fourth-order valence-corrected chi connectivity index (χ4v) is 4.75.